The van der Waals surface area contributed by atoms with E-state index in [1.165, 1.54) is 12.1 Å². The molecule has 1 atom stereocenters. The van der Waals surface area contributed by atoms with Crippen LogP contribution in [0.1, 0.15) is 41.2 Å². The van der Waals surface area contributed by atoms with E-state index < -0.39 is 0 Å². The van der Waals surface area contributed by atoms with Crippen LogP contribution in [-0.2, 0) is 19.6 Å². The summed E-state index contributed by atoms with van der Waals surface area (Å²) in [4.78, 5) is 19.6. The number of nitrogens with zero attached hydrogens (tertiary/aromatic N) is 5. The van der Waals surface area contributed by atoms with Crippen LogP contribution in [0.2, 0.25) is 0 Å². The van der Waals surface area contributed by atoms with Gasteiger partial charge in [0.15, 0.2) is 17.3 Å². The molecule has 2 aromatic carbocycles. The average Bonchev–Trinajstić information content (AvgIpc) is 3.62. The molecule has 5 rings (SSSR count). The normalized spacial score (nSPS) is 12.2. The molecule has 11 heteroatoms. The monoisotopic (exact) mass is 548 g/mol. The fourth-order valence-corrected chi connectivity index (χ4v) is 5.45. The molecule has 3 aromatic heterocycles. The molecule has 0 radical (unpaired) electrons. The van der Waals surface area contributed by atoms with Crippen molar-refractivity contribution in [2.24, 2.45) is 0 Å². The molecule has 0 aliphatic heterocycles. The lowest BCUT2D eigenvalue weighted by atomic mass is 10.1. The van der Waals surface area contributed by atoms with Gasteiger partial charge in [-0.15, -0.1) is 16.4 Å². The lowest BCUT2D eigenvalue weighted by molar-refractivity contribution is 0.163. The second kappa shape index (κ2) is 11.7. The van der Waals surface area contributed by atoms with E-state index in [0.29, 0.717) is 54.5 Å². The highest BCUT2D eigenvalue weighted by atomic mass is 32.1. The van der Waals surface area contributed by atoms with Crippen LogP contribution in [-0.4, -0.2) is 44.3 Å². The SMILES string of the molecule is CC[C@@H](c1nnnn1Cc1ccc(F)cc1)N(Cc1cccs1)Cc1cc2cc(OC)c(OC)cc2[nH]c1=O. The zero-order chi connectivity index (χ0) is 27.4. The van der Waals surface area contributed by atoms with Crippen molar-refractivity contribution in [2.45, 2.75) is 39.0 Å². The Kier molecular flexibility index (Phi) is 7.99. The van der Waals surface area contributed by atoms with Crippen molar-refractivity contribution in [3.63, 3.8) is 0 Å². The van der Waals surface area contributed by atoms with Gasteiger partial charge in [0, 0.05) is 35.0 Å². The number of aromatic amines is 1. The predicted molar refractivity (Wildman–Crippen MR) is 148 cm³/mol. The number of aromatic nitrogens is 5. The molecule has 1 N–H and O–H groups in total. The van der Waals surface area contributed by atoms with Crippen molar-refractivity contribution < 1.29 is 13.9 Å². The van der Waals surface area contributed by atoms with Gasteiger partial charge in [-0.25, -0.2) is 9.07 Å². The summed E-state index contributed by atoms with van der Waals surface area (Å²) >= 11 is 1.66. The average molecular weight is 549 g/mol. The second-order valence-electron chi connectivity index (χ2n) is 9.15. The summed E-state index contributed by atoms with van der Waals surface area (Å²) < 4.78 is 26.0. The van der Waals surface area contributed by atoms with Crippen molar-refractivity contribution in [2.75, 3.05) is 14.2 Å². The van der Waals surface area contributed by atoms with E-state index >= 15 is 0 Å². The molecule has 0 saturated carbocycles. The molecule has 9 nitrogen and oxygen atoms in total. The van der Waals surface area contributed by atoms with Gasteiger partial charge in [-0.1, -0.05) is 25.1 Å². The summed E-state index contributed by atoms with van der Waals surface area (Å²) in [5.41, 5.74) is 2.00. The van der Waals surface area contributed by atoms with E-state index in [-0.39, 0.29) is 17.4 Å². The number of methoxy groups -OCH3 is 2. The van der Waals surface area contributed by atoms with Gasteiger partial charge >= 0.3 is 0 Å². The summed E-state index contributed by atoms with van der Waals surface area (Å²) in [6, 6.07) is 15.7. The minimum atomic E-state index is -0.291. The molecular weight excluding hydrogens is 519 g/mol. The Morgan fingerprint density at radius 2 is 1.85 bits per heavy atom. The fraction of sp³-hybridized carbons (Fsp3) is 0.286. The Bertz CT molecular complexity index is 1600. The highest BCUT2D eigenvalue weighted by molar-refractivity contribution is 7.09. The van der Waals surface area contributed by atoms with Crippen LogP contribution >= 0.6 is 11.3 Å². The van der Waals surface area contributed by atoms with Gasteiger partial charge in [0.2, 0.25) is 0 Å². The molecular formula is C28H29FN6O3S. The molecule has 3 heterocycles. The maximum absolute atomic E-state index is 13.4. The van der Waals surface area contributed by atoms with Gasteiger partial charge in [0.05, 0.1) is 32.3 Å². The first kappa shape index (κ1) is 26.5. The van der Waals surface area contributed by atoms with Crippen molar-refractivity contribution in [1.29, 1.82) is 0 Å². The molecule has 5 aromatic rings. The van der Waals surface area contributed by atoms with Crippen LogP contribution in [0, 0.1) is 5.82 Å². The highest BCUT2D eigenvalue weighted by Crippen LogP contribution is 2.32. The fourth-order valence-electron chi connectivity index (χ4n) is 4.72. The van der Waals surface area contributed by atoms with Crippen molar-refractivity contribution in [3.05, 3.63) is 98.0 Å². The van der Waals surface area contributed by atoms with Gasteiger partial charge in [0.25, 0.3) is 5.56 Å². The van der Waals surface area contributed by atoms with Gasteiger partial charge < -0.3 is 14.5 Å². The van der Waals surface area contributed by atoms with Crippen molar-refractivity contribution >= 4 is 22.2 Å². The quantitative estimate of drug-likeness (QED) is 0.250. The summed E-state index contributed by atoms with van der Waals surface area (Å²) in [6.45, 7) is 3.47. The Morgan fingerprint density at radius 1 is 1.08 bits per heavy atom. The Balaban J connectivity index is 1.51. The van der Waals surface area contributed by atoms with Crippen LogP contribution in [0.5, 0.6) is 11.5 Å². The second-order valence-corrected chi connectivity index (χ2v) is 10.2. The van der Waals surface area contributed by atoms with Crippen molar-refractivity contribution in [1.82, 2.24) is 30.1 Å². The number of thiophene rings is 1. The van der Waals surface area contributed by atoms with E-state index in [2.05, 4.69) is 38.4 Å². The molecule has 202 valence electrons. The van der Waals surface area contributed by atoms with E-state index in [4.69, 9.17) is 9.47 Å². The first-order valence-electron chi connectivity index (χ1n) is 12.5. The zero-order valence-electron chi connectivity index (χ0n) is 21.9. The minimum absolute atomic E-state index is 0.174. The predicted octanol–water partition coefficient (Wildman–Crippen LogP) is 4.93. The smallest absolute Gasteiger partial charge is 0.252 e. The number of nitrogens with one attached hydrogen (secondary N) is 1. The van der Waals surface area contributed by atoms with Gasteiger partial charge in [-0.2, -0.15) is 0 Å². The highest BCUT2D eigenvalue weighted by Gasteiger charge is 2.26. The molecule has 39 heavy (non-hydrogen) atoms. The first-order valence-corrected chi connectivity index (χ1v) is 13.4. The van der Waals surface area contributed by atoms with Crippen LogP contribution in [0.4, 0.5) is 4.39 Å². The lowest BCUT2D eigenvalue weighted by Gasteiger charge is -2.30. The van der Waals surface area contributed by atoms with E-state index in [1.807, 2.05) is 23.6 Å². The molecule has 0 unspecified atom stereocenters. The molecule has 0 spiro atoms. The molecule has 0 saturated heterocycles. The Morgan fingerprint density at radius 3 is 2.54 bits per heavy atom. The number of H-pyrrole nitrogens is 1. The summed E-state index contributed by atoms with van der Waals surface area (Å²) in [5.74, 6) is 1.53. The maximum Gasteiger partial charge on any atom is 0.252 e. The number of pyridine rings is 1. The molecule has 0 fully saturated rings. The largest absolute Gasteiger partial charge is 0.493 e. The third-order valence-corrected chi connectivity index (χ3v) is 7.53. The van der Waals surface area contributed by atoms with Crippen LogP contribution in [0.25, 0.3) is 10.9 Å². The number of fused-ring (bicyclic) bond motifs is 1. The summed E-state index contributed by atoms with van der Waals surface area (Å²) in [5, 5.41) is 15.4. The molecule has 0 amide bonds. The van der Waals surface area contributed by atoms with Crippen LogP contribution in [0.3, 0.4) is 0 Å². The number of rotatable bonds is 11. The first-order chi connectivity index (χ1) is 19.0. The zero-order valence-corrected chi connectivity index (χ0v) is 22.7. The topological polar surface area (TPSA) is 98.2 Å². The van der Waals surface area contributed by atoms with E-state index in [1.54, 1.807) is 48.4 Å². The standard InChI is InChI=1S/C28H29FN6O3S/c1-4-24(27-31-32-33-35(27)15-18-7-9-21(29)10-8-18)34(17-22-6-5-11-39-22)16-20-12-19-13-25(37-2)26(38-3)14-23(19)30-28(20)36/h5-14,24H,4,15-17H2,1-3H3,(H,30,36)/t24-/m0/s1. The molecule has 0 aliphatic carbocycles. The van der Waals surface area contributed by atoms with E-state index in [0.717, 1.165) is 15.8 Å². The summed E-state index contributed by atoms with van der Waals surface area (Å²) in [7, 11) is 3.15. The number of halogens is 1. The Labute approximate surface area is 228 Å². The third-order valence-electron chi connectivity index (χ3n) is 6.67. The number of ether oxygens (including phenoxy) is 2. The number of hydrogen-bond donors (Lipinski definition) is 1. The number of hydrogen-bond acceptors (Lipinski definition) is 8. The number of tetrazole rings is 1. The van der Waals surface area contributed by atoms with Gasteiger partial charge in [0.1, 0.15) is 5.82 Å². The maximum atomic E-state index is 13.4. The summed E-state index contributed by atoms with van der Waals surface area (Å²) in [6.07, 6.45) is 0.714. The molecule has 0 bridgehead atoms. The lowest BCUT2D eigenvalue weighted by Crippen LogP contribution is -2.32. The van der Waals surface area contributed by atoms with Gasteiger partial charge in [-0.05, 0) is 58.1 Å². The van der Waals surface area contributed by atoms with Gasteiger partial charge in [-0.3, -0.25) is 9.69 Å². The van der Waals surface area contributed by atoms with Crippen LogP contribution < -0.4 is 15.0 Å². The minimum Gasteiger partial charge on any atom is -0.493 e. The number of benzene rings is 2. The van der Waals surface area contributed by atoms with Crippen molar-refractivity contribution in [3.8, 4) is 11.5 Å². The van der Waals surface area contributed by atoms with Crippen LogP contribution in [0.15, 0.2) is 64.8 Å². The van der Waals surface area contributed by atoms with E-state index in [9.17, 15) is 9.18 Å². The third kappa shape index (κ3) is 5.84. The molecule has 0 aliphatic rings. The Hall–Kier alpha value is -4.09.